The van der Waals surface area contributed by atoms with E-state index in [-0.39, 0.29) is 69.8 Å². The maximum atomic E-state index is 14.7. The Bertz CT molecular complexity index is 2320. The highest BCUT2D eigenvalue weighted by Gasteiger charge is 2.45. The quantitative estimate of drug-likeness (QED) is 0.0604. The van der Waals surface area contributed by atoms with Gasteiger partial charge in [-0.3, -0.25) is 38.6 Å². The number of aromatic amines is 1. The molecule has 64 heavy (non-hydrogen) atoms. The van der Waals surface area contributed by atoms with Gasteiger partial charge in [0, 0.05) is 55.9 Å². The molecule has 0 unspecified atom stereocenters. The number of carbonyl (C=O) groups is 7. The Labute approximate surface area is 370 Å². The number of aliphatic imine (C=N–C) groups is 1. The topological polar surface area (TPSA) is 298 Å². The summed E-state index contributed by atoms with van der Waals surface area (Å²) in [6, 6.07) is 21.0. The van der Waals surface area contributed by atoms with Gasteiger partial charge in [0.25, 0.3) is 0 Å². The van der Waals surface area contributed by atoms with Gasteiger partial charge < -0.3 is 54.1 Å². The van der Waals surface area contributed by atoms with Gasteiger partial charge in [0.1, 0.15) is 29.7 Å². The monoisotopic (exact) mass is 875 g/mol. The number of hydrogen-bond acceptors (Lipinski definition) is 8. The van der Waals surface area contributed by atoms with Crippen molar-refractivity contribution >= 4 is 58.2 Å². The SMILES string of the molecule is NC(=O)[C@@H]1CNC(=O)CCC(=O)NC2(CCC(c3ccccc3)CC2)C(=O)N[C@H](Cc2ccccc2)C(=O)N[C@@H](CCCN=C(N)N)C(=O)N[C@@H](Cc2c[nH]c3ccccc23)C(=O)N1. The number of nitrogens with one attached hydrogen (secondary N) is 7. The number of fused-ring (bicyclic) bond motifs is 1. The first-order chi connectivity index (χ1) is 30.8. The van der Waals surface area contributed by atoms with Crippen LogP contribution in [0.2, 0.25) is 0 Å². The molecule has 4 aromatic rings. The first kappa shape index (κ1) is 46.3. The minimum atomic E-state index is -1.44. The lowest BCUT2D eigenvalue weighted by Gasteiger charge is -2.40. The number of rotatable bonds is 10. The van der Waals surface area contributed by atoms with Crippen LogP contribution in [0.4, 0.5) is 0 Å². The predicted molar refractivity (Wildman–Crippen MR) is 240 cm³/mol. The normalized spacial score (nSPS) is 24.3. The van der Waals surface area contributed by atoms with Gasteiger partial charge in [-0.1, -0.05) is 78.9 Å². The Hall–Kier alpha value is -7.24. The van der Waals surface area contributed by atoms with Gasteiger partial charge in [-0.2, -0.15) is 0 Å². The van der Waals surface area contributed by atoms with Crippen LogP contribution >= 0.6 is 0 Å². The minimum Gasteiger partial charge on any atom is -0.370 e. The fourth-order valence-corrected chi connectivity index (χ4v) is 8.34. The van der Waals surface area contributed by atoms with Gasteiger partial charge in [-0.05, 0) is 67.2 Å². The Morgan fingerprint density at radius 2 is 1.30 bits per heavy atom. The summed E-state index contributed by atoms with van der Waals surface area (Å²) >= 11 is 0. The average molecular weight is 876 g/mol. The van der Waals surface area contributed by atoms with Crippen molar-refractivity contribution in [2.24, 2.45) is 22.2 Å². The lowest BCUT2D eigenvalue weighted by atomic mass is 9.73. The molecular formula is C46H57N11O7. The van der Waals surface area contributed by atoms with Crippen LogP contribution in [0.5, 0.6) is 0 Å². The van der Waals surface area contributed by atoms with Crippen LogP contribution in [0.25, 0.3) is 10.9 Å². The van der Waals surface area contributed by atoms with E-state index in [9.17, 15) is 33.6 Å². The number of primary amides is 1. The third-order valence-corrected chi connectivity index (χ3v) is 11.9. The summed E-state index contributed by atoms with van der Waals surface area (Å²) in [7, 11) is 0. The maximum Gasteiger partial charge on any atom is 0.246 e. The first-order valence-electron chi connectivity index (χ1n) is 21.6. The molecule has 1 saturated heterocycles. The summed E-state index contributed by atoms with van der Waals surface area (Å²) in [5.74, 6) is -5.01. The second kappa shape index (κ2) is 21.7. The van der Waals surface area contributed by atoms with Crippen molar-refractivity contribution in [3.63, 3.8) is 0 Å². The Balaban J connectivity index is 1.35. The van der Waals surface area contributed by atoms with Gasteiger partial charge in [0.2, 0.25) is 41.4 Å². The van der Waals surface area contributed by atoms with Crippen molar-refractivity contribution < 1.29 is 33.6 Å². The van der Waals surface area contributed by atoms with Crippen molar-refractivity contribution in [1.82, 2.24) is 36.9 Å². The summed E-state index contributed by atoms with van der Waals surface area (Å²) in [4.78, 5) is 104. The second-order valence-corrected chi connectivity index (χ2v) is 16.4. The highest BCUT2D eigenvalue weighted by molar-refractivity contribution is 5.98. The van der Waals surface area contributed by atoms with Crippen LogP contribution in [-0.2, 0) is 46.4 Å². The van der Waals surface area contributed by atoms with E-state index in [0.717, 1.165) is 16.5 Å². The predicted octanol–water partition coefficient (Wildman–Crippen LogP) is 0.554. The molecule has 338 valence electrons. The molecule has 2 heterocycles. The highest BCUT2D eigenvalue weighted by Crippen LogP contribution is 2.38. The smallest absolute Gasteiger partial charge is 0.246 e. The number of nitrogens with two attached hydrogens (primary N) is 3. The molecule has 1 saturated carbocycles. The van der Waals surface area contributed by atoms with E-state index in [4.69, 9.17) is 17.2 Å². The zero-order chi connectivity index (χ0) is 45.6. The van der Waals surface area contributed by atoms with Gasteiger partial charge >= 0.3 is 0 Å². The van der Waals surface area contributed by atoms with Crippen LogP contribution in [-0.4, -0.2) is 95.1 Å². The van der Waals surface area contributed by atoms with Crippen molar-refractivity contribution in [3.8, 4) is 0 Å². The third-order valence-electron chi connectivity index (χ3n) is 11.9. The molecule has 1 aliphatic carbocycles. The highest BCUT2D eigenvalue weighted by atomic mass is 16.2. The van der Waals surface area contributed by atoms with Crippen LogP contribution in [0.1, 0.15) is 74.0 Å². The zero-order valence-electron chi connectivity index (χ0n) is 35.6. The van der Waals surface area contributed by atoms with Crippen LogP contribution in [0.15, 0.2) is 96.1 Å². The molecule has 6 rings (SSSR count). The molecule has 18 nitrogen and oxygen atoms in total. The van der Waals surface area contributed by atoms with Crippen molar-refractivity contribution in [3.05, 3.63) is 108 Å². The molecule has 1 aromatic heterocycles. The Morgan fingerprint density at radius 1 is 0.688 bits per heavy atom. The van der Waals surface area contributed by atoms with Gasteiger partial charge in [0.05, 0.1) is 0 Å². The number of amides is 7. The molecule has 2 aliphatic rings. The van der Waals surface area contributed by atoms with E-state index < -0.39 is 77.6 Å². The van der Waals surface area contributed by atoms with Crippen LogP contribution in [0, 0.1) is 0 Å². The summed E-state index contributed by atoms with van der Waals surface area (Å²) in [5, 5.41) is 17.4. The Morgan fingerprint density at radius 3 is 2.00 bits per heavy atom. The number of benzene rings is 3. The maximum absolute atomic E-state index is 14.7. The lowest BCUT2D eigenvalue weighted by molar-refractivity contribution is -0.138. The summed E-state index contributed by atoms with van der Waals surface area (Å²) in [6.07, 6.45) is 2.88. The van der Waals surface area contributed by atoms with E-state index in [1.54, 1.807) is 30.5 Å². The van der Waals surface area contributed by atoms with Gasteiger partial charge in [-0.25, -0.2) is 0 Å². The minimum absolute atomic E-state index is 0.0125. The molecule has 0 radical (unpaired) electrons. The third kappa shape index (κ3) is 12.4. The number of aromatic nitrogens is 1. The molecule has 1 aliphatic heterocycles. The van der Waals surface area contributed by atoms with Crippen molar-refractivity contribution in [1.29, 1.82) is 0 Å². The number of hydrogen-bond donors (Lipinski definition) is 10. The molecule has 7 amide bonds. The molecule has 3 aromatic carbocycles. The fourth-order valence-electron chi connectivity index (χ4n) is 8.34. The van der Waals surface area contributed by atoms with E-state index in [2.05, 4.69) is 41.9 Å². The number of carbonyl (C=O) groups excluding carboxylic acids is 7. The van der Waals surface area contributed by atoms with E-state index in [1.165, 1.54) is 0 Å². The lowest BCUT2D eigenvalue weighted by Crippen LogP contribution is -2.64. The van der Waals surface area contributed by atoms with Gasteiger partial charge in [-0.15, -0.1) is 0 Å². The molecule has 2 fully saturated rings. The number of para-hydroxylation sites is 1. The summed E-state index contributed by atoms with van der Waals surface area (Å²) in [6.45, 7) is -0.293. The molecule has 13 N–H and O–H groups in total. The largest absolute Gasteiger partial charge is 0.370 e. The van der Waals surface area contributed by atoms with Crippen LogP contribution < -0.4 is 49.1 Å². The van der Waals surface area contributed by atoms with Crippen molar-refractivity contribution in [2.45, 2.75) is 99.8 Å². The average Bonchev–Trinajstić information content (AvgIpc) is 3.70. The first-order valence-corrected chi connectivity index (χ1v) is 21.6. The van der Waals surface area contributed by atoms with Crippen molar-refractivity contribution in [2.75, 3.05) is 13.1 Å². The summed E-state index contributed by atoms with van der Waals surface area (Å²) < 4.78 is 0. The van der Waals surface area contributed by atoms with Crippen LogP contribution in [0.3, 0.4) is 0 Å². The molecular weight excluding hydrogens is 819 g/mol. The second-order valence-electron chi connectivity index (χ2n) is 16.4. The summed E-state index contributed by atoms with van der Waals surface area (Å²) in [5.41, 5.74) is 18.6. The molecule has 18 heteroatoms. The van der Waals surface area contributed by atoms with E-state index in [1.807, 2.05) is 60.7 Å². The van der Waals surface area contributed by atoms with E-state index >= 15 is 0 Å². The van der Waals surface area contributed by atoms with Gasteiger partial charge in [0.15, 0.2) is 5.96 Å². The number of H-pyrrole nitrogens is 1. The molecule has 4 atom stereocenters. The Kier molecular flexibility index (Phi) is 15.7. The standard InChI is InChI=1S/C46H57N11O7/c47-40(60)37-27-52-38(58)17-18-39(59)57-46(21-19-30(20-22-46)29-12-5-2-6-13-29)44(64)56-35(24-28-10-3-1-4-11-28)42(62)53-34(16-9-23-50-45(48)49)41(61)54-36(43(63)55-37)25-31-26-51-33-15-8-7-14-32(31)33/h1-8,10-15,26,30,34-37,51H,9,16-25,27H2,(H2,47,60)(H,52,58)(H,53,62)(H,54,61)(H,55,63)(H,56,64)(H,57,59)(H4,48,49,50)/t30?,34-,35+,36-,37-,46?/m0/s1. The zero-order valence-corrected chi connectivity index (χ0v) is 35.6. The fraction of sp³-hybridized carbons (Fsp3) is 0.391. The molecule has 0 bridgehead atoms. The molecule has 1 spiro atoms. The van der Waals surface area contributed by atoms with E-state index in [0.29, 0.717) is 24.0 Å². The number of nitrogens with zero attached hydrogens (tertiary/aromatic N) is 1. The number of guanidine groups is 1.